The minimum Gasteiger partial charge on any atom is -0.379 e. The van der Waals surface area contributed by atoms with Gasteiger partial charge in [0.15, 0.2) is 10.9 Å². The predicted molar refractivity (Wildman–Crippen MR) is 97.8 cm³/mol. The van der Waals surface area contributed by atoms with Crippen molar-refractivity contribution in [1.29, 1.82) is 0 Å². The van der Waals surface area contributed by atoms with Gasteiger partial charge in [-0.3, -0.25) is 9.69 Å². The van der Waals surface area contributed by atoms with E-state index in [1.807, 2.05) is 41.0 Å². The summed E-state index contributed by atoms with van der Waals surface area (Å²) >= 11 is 1.42. The van der Waals surface area contributed by atoms with Gasteiger partial charge in [-0.25, -0.2) is 0 Å². The highest BCUT2D eigenvalue weighted by atomic mass is 32.2. The summed E-state index contributed by atoms with van der Waals surface area (Å²) < 4.78 is 7.42. The third-order valence-corrected chi connectivity index (χ3v) is 4.97. The number of nitrogens with zero attached hydrogens (tertiary/aromatic N) is 4. The fourth-order valence-electron chi connectivity index (χ4n) is 2.65. The number of hydrogen-bond donors (Lipinski definition) is 0. The van der Waals surface area contributed by atoms with E-state index in [1.165, 1.54) is 11.8 Å². The molecule has 0 aliphatic carbocycles. The smallest absolute Gasteiger partial charge is 0.191 e. The van der Waals surface area contributed by atoms with Crippen LogP contribution >= 0.6 is 11.8 Å². The molecule has 0 radical (unpaired) electrons. The van der Waals surface area contributed by atoms with Gasteiger partial charge in [-0.2, -0.15) is 0 Å². The molecule has 1 fully saturated rings. The van der Waals surface area contributed by atoms with Crippen molar-refractivity contribution in [3.05, 3.63) is 54.4 Å². The van der Waals surface area contributed by atoms with E-state index in [2.05, 4.69) is 21.7 Å². The maximum atomic E-state index is 12.3. The van der Waals surface area contributed by atoms with Crippen LogP contribution in [0.25, 0.3) is 0 Å². The maximum Gasteiger partial charge on any atom is 0.191 e. The highest BCUT2D eigenvalue weighted by Crippen LogP contribution is 2.20. The number of rotatable bonds is 8. The molecule has 132 valence electrons. The van der Waals surface area contributed by atoms with Crippen molar-refractivity contribution in [3.8, 4) is 0 Å². The number of allylic oxidation sites excluding steroid dienone is 1. The first-order valence-electron chi connectivity index (χ1n) is 8.32. The van der Waals surface area contributed by atoms with Gasteiger partial charge in [0, 0.05) is 25.2 Å². The fourth-order valence-corrected chi connectivity index (χ4v) is 3.51. The molecule has 0 atom stereocenters. The summed E-state index contributed by atoms with van der Waals surface area (Å²) in [5.74, 6) is 1.33. The number of benzene rings is 1. The first kappa shape index (κ1) is 17.8. The van der Waals surface area contributed by atoms with Crippen LogP contribution in [0.5, 0.6) is 0 Å². The Morgan fingerprint density at radius 1 is 1.24 bits per heavy atom. The molecule has 0 unspecified atom stereocenters. The third kappa shape index (κ3) is 4.78. The fraction of sp³-hybridized carbons (Fsp3) is 0.389. The van der Waals surface area contributed by atoms with Crippen LogP contribution in [0.3, 0.4) is 0 Å². The molecule has 2 heterocycles. The lowest BCUT2D eigenvalue weighted by molar-refractivity contribution is 0.0325. The molecule has 1 aliphatic rings. The van der Waals surface area contributed by atoms with E-state index in [0.29, 0.717) is 12.3 Å². The van der Waals surface area contributed by atoms with Gasteiger partial charge in [-0.1, -0.05) is 48.2 Å². The number of Topliss-reactive ketones (excluding diaryl/α,β-unsaturated/α-hetero) is 1. The van der Waals surface area contributed by atoms with Gasteiger partial charge in [0.2, 0.25) is 0 Å². The van der Waals surface area contributed by atoms with Crippen molar-refractivity contribution in [2.75, 3.05) is 32.1 Å². The van der Waals surface area contributed by atoms with Gasteiger partial charge in [0.1, 0.15) is 5.82 Å². The monoisotopic (exact) mass is 358 g/mol. The molecule has 1 saturated heterocycles. The lowest BCUT2D eigenvalue weighted by Gasteiger charge is -2.26. The van der Waals surface area contributed by atoms with E-state index in [0.717, 1.165) is 49.4 Å². The normalized spacial score (nSPS) is 15.2. The summed E-state index contributed by atoms with van der Waals surface area (Å²) in [6.45, 7) is 8.49. The molecular formula is C18H22N4O2S. The maximum absolute atomic E-state index is 12.3. The van der Waals surface area contributed by atoms with Crippen LogP contribution in [0.15, 0.2) is 48.1 Å². The Labute approximate surface area is 151 Å². The first-order chi connectivity index (χ1) is 12.3. The Morgan fingerprint density at radius 3 is 2.72 bits per heavy atom. The SMILES string of the molecule is C=CCn1c(CN2CCOCC2)nnc1SCC(=O)c1ccccc1. The number of aromatic nitrogens is 3. The second kappa shape index (κ2) is 8.94. The molecule has 0 N–H and O–H groups in total. The van der Waals surface area contributed by atoms with Crippen LogP contribution in [0.1, 0.15) is 16.2 Å². The Morgan fingerprint density at radius 2 is 2.00 bits per heavy atom. The van der Waals surface area contributed by atoms with Gasteiger partial charge in [0.25, 0.3) is 0 Å². The van der Waals surface area contributed by atoms with E-state index in [9.17, 15) is 4.79 Å². The quantitative estimate of drug-likeness (QED) is 0.410. The zero-order chi connectivity index (χ0) is 17.5. The van der Waals surface area contributed by atoms with Crippen molar-refractivity contribution in [3.63, 3.8) is 0 Å². The largest absolute Gasteiger partial charge is 0.379 e. The highest BCUT2D eigenvalue weighted by Gasteiger charge is 2.18. The standard InChI is InChI=1S/C18H22N4O2S/c1-2-8-22-17(13-21-9-11-24-12-10-21)19-20-18(22)25-14-16(23)15-6-4-3-5-7-15/h2-7H,1,8-14H2. The van der Waals surface area contributed by atoms with E-state index < -0.39 is 0 Å². The molecule has 7 heteroatoms. The molecule has 2 aromatic rings. The van der Waals surface area contributed by atoms with E-state index >= 15 is 0 Å². The number of morpholine rings is 1. The van der Waals surface area contributed by atoms with Crippen molar-refractivity contribution in [1.82, 2.24) is 19.7 Å². The van der Waals surface area contributed by atoms with E-state index in [-0.39, 0.29) is 5.78 Å². The highest BCUT2D eigenvalue weighted by molar-refractivity contribution is 7.99. The second-order valence-corrected chi connectivity index (χ2v) is 6.71. The number of carbonyl (C=O) groups excluding carboxylic acids is 1. The van der Waals surface area contributed by atoms with Gasteiger partial charge >= 0.3 is 0 Å². The molecule has 6 nitrogen and oxygen atoms in total. The van der Waals surface area contributed by atoms with Gasteiger partial charge < -0.3 is 9.30 Å². The number of hydrogen-bond acceptors (Lipinski definition) is 6. The predicted octanol–water partition coefficient (Wildman–Crippen LogP) is 2.27. The topological polar surface area (TPSA) is 60.2 Å². The zero-order valence-electron chi connectivity index (χ0n) is 14.1. The van der Waals surface area contributed by atoms with Crippen LogP contribution in [-0.4, -0.2) is 57.5 Å². The second-order valence-electron chi connectivity index (χ2n) is 5.76. The van der Waals surface area contributed by atoms with E-state index in [4.69, 9.17) is 4.74 Å². The van der Waals surface area contributed by atoms with Crippen LogP contribution in [0.2, 0.25) is 0 Å². The summed E-state index contributed by atoms with van der Waals surface area (Å²) in [5.41, 5.74) is 0.721. The average Bonchev–Trinajstić information content (AvgIpc) is 3.03. The van der Waals surface area contributed by atoms with Gasteiger partial charge in [-0.05, 0) is 0 Å². The number of ketones is 1. The van der Waals surface area contributed by atoms with Crippen molar-refractivity contribution in [2.45, 2.75) is 18.2 Å². The molecule has 25 heavy (non-hydrogen) atoms. The van der Waals surface area contributed by atoms with Crippen LogP contribution < -0.4 is 0 Å². The Balaban J connectivity index is 1.66. The number of thioether (sulfide) groups is 1. The summed E-state index contributed by atoms with van der Waals surface area (Å²) in [4.78, 5) is 14.6. The molecule has 0 bridgehead atoms. The first-order valence-corrected chi connectivity index (χ1v) is 9.30. The van der Waals surface area contributed by atoms with Crippen LogP contribution in [0, 0.1) is 0 Å². The average molecular weight is 358 g/mol. The Kier molecular flexibility index (Phi) is 6.38. The molecule has 3 rings (SSSR count). The lowest BCUT2D eigenvalue weighted by Crippen LogP contribution is -2.36. The molecule has 1 aromatic carbocycles. The van der Waals surface area contributed by atoms with Gasteiger partial charge in [0.05, 0.1) is 25.5 Å². The molecule has 1 aliphatic heterocycles. The summed E-state index contributed by atoms with van der Waals surface area (Å²) in [6.07, 6.45) is 1.83. The van der Waals surface area contributed by atoms with Crippen LogP contribution in [-0.2, 0) is 17.8 Å². The third-order valence-electron chi connectivity index (χ3n) is 4.00. The van der Waals surface area contributed by atoms with Crippen molar-refractivity contribution >= 4 is 17.5 Å². The minimum absolute atomic E-state index is 0.0912. The molecule has 0 amide bonds. The van der Waals surface area contributed by atoms with Crippen molar-refractivity contribution in [2.24, 2.45) is 0 Å². The molecule has 1 aromatic heterocycles. The van der Waals surface area contributed by atoms with Crippen LogP contribution in [0.4, 0.5) is 0 Å². The van der Waals surface area contributed by atoms with Crippen molar-refractivity contribution < 1.29 is 9.53 Å². The molecule has 0 saturated carbocycles. The summed E-state index contributed by atoms with van der Waals surface area (Å²) in [7, 11) is 0. The Bertz CT molecular complexity index is 711. The number of carbonyl (C=O) groups is 1. The minimum atomic E-state index is 0.0912. The van der Waals surface area contributed by atoms with Gasteiger partial charge in [-0.15, -0.1) is 16.8 Å². The zero-order valence-corrected chi connectivity index (χ0v) is 15.0. The number of ether oxygens (including phenoxy) is 1. The summed E-state index contributed by atoms with van der Waals surface area (Å²) in [5, 5.41) is 9.37. The molecular weight excluding hydrogens is 336 g/mol. The van der Waals surface area contributed by atoms with E-state index in [1.54, 1.807) is 0 Å². The lowest BCUT2D eigenvalue weighted by atomic mass is 10.2. The molecule has 0 spiro atoms. The summed E-state index contributed by atoms with van der Waals surface area (Å²) in [6, 6.07) is 9.32. The Hall–Kier alpha value is -1.96.